The minimum Gasteiger partial charge on any atom is -0.457 e. The number of Topliss-reactive ketones (excluding diaryl/α,β-unsaturated/α-hetero) is 1. The summed E-state index contributed by atoms with van der Waals surface area (Å²) in [6, 6.07) is 17.9. The molecular weight excluding hydrogens is 398 g/mol. The van der Waals surface area contributed by atoms with Crippen molar-refractivity contribution >= 4 is 11.8 Å². The van der Waals surface area contributed by atoms with Crippen molar-refractivity contribution in [2.24, 2.45) is 5.41 Å². The van der Waals surface area contributed by atoms with Crippen LogP contribution in [0.5, 0.6) is 0 Å². The first-order chi connectivity index (χ1) is 15.3. The van der Waals surface area contributed by atoms with Gasteiger partial charge in [-0.1, -0.05) is 75.4 Å². The van der Waals surface area contributed by atoms with Crippen LogP contribution in [-0.2, 0) is 27.4 Å². The first-order valence-corrected chi connectivity index (χ1v) is 11.3. The summed E-state index contributed by atoms with van der Waals surface area (Å²) in [5, 5.41) is 3.39. The van der Waals surface area contributed by atoms with Gasteiger partial charge >= 0.3 is 5.97 Å². The Morgan fingerprint density at radius 3 is 2.38 bits per heavy atom. The molecule has 0 aromatic heterocycles. The van der Waals surface area contributed by atoms with Crippen LogP contribution in [0.1, 0.15) is 63.1 Å². The monoisotopic (exact) mass is 429 g/mol. The molecule has 2 aromatic rings. The van der Waals surface area contributed by atoms with E-state index in [1.54, 1.807) is 0 Å². The lowest BCUT2D eigenvalue weighted by Crippen LogP contribution is -2.38. The topological polar surface area (TPSA) is 55.4 Å². The molecule has 0 fully saturated rings. The molecule has 2 aliphatic rings. The van der Waals surface area contributed by atoms with E-state index in [-0.39, 0.29) is 23.8 Å². The minimum absolute atomic E-state index is 0.106. The van der Waals surface area contributed by atoms with E-state index in [0.717, 1.165) is 35.4 Å². The second-order valence-electron chi connectivity index (χ2n) is 9.59. The third-order valence-electron chi connectivity index (χ3n) is 6.39. The van der Waals surface area contributed by atoms with Crippen LogP contribution in [0.4, 0.5) is 0 Å². The molecule has 1 N–H and O–H groups in total. The fourth-order valence-corrected chi connectivity index (χ4v) is 4.79. The molecule has 0 bridgehead atoms. The normalized spacial score (nSPS) is 20.0. The number of hydrogen-bond acceptors (Lipinski definition) is 4. The Morgan fingerprint density at radius 1 is 1.03 bits per heavy atom. The number of nitrogens with one attached hydrogen (secondary N) is 1. The SMILES string of the molecule is CCc1ccc([C@H]2C(C(=O)OCc3ccccc3)=C(C)NC3=C2C(=O)CC(C)(C)C3)cc1. The summed E-state index contributed by atoms with van der Waals surface area (Å²) < 4.78 is 5.72. The maximum Gasteiger partial charge on any atom is 0.337 e. The fourth-order valence-electron chi connectivity index (χ4n) is 4.79. The third kappa shape index (κ3) is 4.40. The number of ketones is 1. The minimum atomic E-state index is -0.413. The molecule has 1 aliphatic heterocycles. The summed E-state index contributed by atoms with van der Waals surface area (Å²) >= 11 is 0. The van der Waals surface area contributed by atoms with Crippen LogP contribution < -0.4 is 5.32 Å². The summed E-state index contributed by atoms with van der Waals surface area (Å²) in [5.74, 6) is -0.689. The molecule has 32 heavy (non-hydrogen) atoms. The second kappa shape index (κ2) is 8.78. The molecule has 0 spiro atoms. The number of hydrogen-bond donors (Lipinski definition) is 1. The predicted molar refractivity (Wildman–Crippen MR) is 126 cm³/mol. The molecule has 1 aliphatic carbocycles. The van der Waals surface area contributed by atoms with Crippen molar-refractivity contribution in [1.82, 2.24) is 5.32 Å². The van der Waals surface area contributed by atoms with Gasteiger partial charge in [0.25, 0.3) is 0 Å². The molecule has 1 heterocycles. The van der Waals surface area contributed by atoms with Crippen molar-refractivity contribution < 1.29 is 14.3 Å². The van der Waals surface area contributed by atoms with Gasteiger partial charge in [-0.2, -0.15) is 0 Å². The van der Waals surface area contributed by atoms with Gasteiger partial charge < -0.3 is 10.1 Å². The number of carbonyl (C=O) groups excluding carboxylic acids is 2. The third-order valence-corrected chi connectivity index (χ3v) is 6.39. The zero-order chi connectivity index (χ0) is 22.9. The molecule has 4 rings (SSSR count). The Kier molecular flexibility index (Phi) is 6.05. The Labute approximate surface area is 190 Å². The van der Waals surface area contributed by atoms with Gasteiger partial charge in [-0.05, 0) is 41.9 Å². The van der Waals surface area contributed by atoms with Crippen molar-refractivity contribution in [2.45, 2.75) is 59.5 Å². The molecule has 4 heteroatoms. The van der Waals surface area contributed by atoms with Crippen LogP contribution in [0.3, 0.4) is 0 Å². The van der Waals surface area contributed by atoms with Gasteiger partial charge in [-0.3, -0.25) is 4.79 Å². The van der Waals surface area contributed by atoms with Gasteiger partial charge in [0.2, 0.25) is 0 Å². The molecule has 0 saturated carbocycles. The summed E-state index contributed by atoms with van der Waals surface area (Å²) in [7, 11) is 0. The summed E-state index contributed by atoms with van der Waals surface area (Å²) in [6.07, 6.45) is 2.19. The molecule has 0 unspecified atom stereocenters. The highest BCUT2D eigenvalue weighted by molar-refractivity contribution is 6.04. The molecule has 0 radical (unpaired) electrons. The molecule has 4 nitrogen and oxygen atoms in total. The van der Waals surface area contributed by atoms with E-state index in [2.05, 4.69) is 38.2 Å². The maximum absolute atomic E-state index is 13.3. The average molecular weight is 430 g/mol. The van der Waals surface area contributed by atoms with Crippen molar-refractivity contribution in [3.63, 3.8) is 0 Å². The van der Waals surface area contributed by atoms with Gasteiger partial charge in [0.1, 0.15) is 6.61 Å². The van der Waals surface area contributed by atoms with Crippen LogP contribution in [0.15, 0.2) is 77.1 Å². The quantitative estimate of drug-likeness (QED) is 0.629. The van der Waals surface area contributed by atoms with E-state index in [0.29, 0.717) is 17.6 Å². The number of carbonyl (C=O) groups is 2. The van der Waals surface area contributed by atoms with Gasteiger partial charge in [-0.15, -0.1) is 0 Å². The predicted octanol–water partition coefficient (Wildman–Crippen LogP) is 5.60. The first kappa shape index (κ1) is 22.1. The van der Waals surface area contributed by atoms with Gasteiger partial charge in [-0.25, -0.2) is 4.79 Å². The largest absolute Gasteiger partial charge is 0.457 e. The standard InChI is InChI=1S/C28H31NO3/c1-5-19-11-13-21(14-12-19)25-24(27(31)32-17-20-9-7-6-8-10-20)18(2)29-22-15-28(3,4)16-23(30)26(22)25/h6-14,25,29H,5,15-17H2,1-4H3/t25-/m0/s1. The molecule has 0 amide bonds. The fraction of sp³-hybridized carbons (Fsp3) is 0.357. The van der Waals surface area contributed by atoms with Crippen molar-refractivity contribution in [3.05, 3.63) is 93.8 Å². The smallest absolute Gasteiger partial charge is 0.337 e. The molecule has 0 saturated heterocycles. The van der Waals surface area contributed by atoms with Crippen molar-refractivity contribution in [2.75, 3.05) is 0 Å². The average Bonchev–Trinajstić information content (AvgIpc) is 2.76. The Balaban J connectivity index is 1.73. The van der Waals surface area contributed by atoms with E-state index in [4.69, 9.17) is 4.74 Å². The molecular formula is C28H31NO3. The summed E-state index contributed by atoms with van der Waals surface area (Å²) in [5.41, 5.74) is 5.94. The number of benzene rings is 2. The first-order valence-electron chi connectivity index (χ1n) is 11.3. The summed E-state index contributed by atoms with van der Waals surface area (Å²) in [4.78, 5) is 26.7. The van der Waals surface area contributed by atoms with E-state index in [1.165, 1.54) is 5.56 Å². The van der Waals surface area contributed by atoms with Crippen molar-refractivity contribution in [1.29, 1.82) is 0 Å². The Bertz CT molecular complexity index is 1090. The van der Waals surface area contributed by atoms with Crippen LogP contribution in [0.25, 0.3) is 0 Å². The molecule has 1 atom stereocenters. The Morgan fingerprint density at radius 2 is 1.72 bits per heavy atom. The van der Waals surface area contributed by atoms with Crippen LogP contribution in [0.2, 0.25) is 0 Å². The van der Waals surface area contributed by atoms with E-state index in [1.807, 2.05) is 49.4 Å². The van der Waals surface area contributed by atoms with Crippen LogP contribution in [-0.4, -0.2) is 11.8 Å². The molecule has 2 aromatic carbocycles. The van der Waals surface area contributed by atoms with E-state index < -0.39 is 5.92 Å². The number of esters is 1. The lowest BCUT2D eigenvalue weighted by Gasteiger charge is -2.39. The van der Waals surface area contributed by atoms with Gasteiger partial charge in [0, 0.05) is 29.3 Å². The van der Waals surface area contributed by atoms with Gasteiger partial charge in [0.05, 0.1) is 5.57 Å². The summed E-state index contributed by atoms with van der Waals surface area (Å²) in [6.45, 7) is 8.45. The Hall–Kier alpha value is -3.14. The van der Waals surface area contributed by atoms with Crippen LogP contribution >= 0.6 is 0 Å². The number of dihydropyridines is 1. The van der Waals surface area contributed by atoms with Crippen molar-refractivity contribution in [3.8, 4) is 0 Å². The zero-order valence-corrected chi connectivity index (χ0v) is 19.3. The second-order valence-corrected chi connectivity index (χ2v) is 9.59. The highest BCUT2D eigenvalue weighted by Gasteiger charge is 2.43. The number of ether oxygens (including phenoxy) is 1. The van der Waals surface area contributed by atoms with E-state index in [9.17, 15) is 9.59 Å². The molecule has 166 valence electrons. The number of rotatable bonds is 5. The van der Waals surface area contributed by atoms with E-state index >= 15 is 0 Å². The van der Waals surface area contributed by atoms with Gasteiger partial charge in [0.15, 0.2) is 5.78 Å². The maximum atomic E-state index is 13.3. The lowest BCUT2D eigenvalue weighted by molar-refractivity contribution is -0.140. The zero-order valence-electron chi connectivity index (χ0n) is 19.3. The van der Waals surface area contributed by atoms with Crippen LogP contribution in [0, 0.1) is 5.41 Å². The number of aryl methyl sites for hydroxylation is 1. The number of allylic oxidation sites excluding steroid dienone is 3. The highest BCUT2D eigenvalue weighted by Crippen LogP contribution is 2.46. The lowest BCUT2D eigenvalue weighted by atomic mass is 9.68. The highest BCUT2D eigenvalue weighted by atomic mass is 16.5.